The Labute approximate surface area is 89.0 Å². The first-order valence-electron chi connectivity index (χ1n) is 4.51. The molecule has 0 aromatic heterocycles. The number of hydrogen-bond donors (Lipinski definition) is 3. The van der Waals surface area contributed by atoms with Crippen LogP contribution in [0.3, 0.4) is 0 Å². The SMILES string of the molecule is C[NH2+]CCc1ccccc1.O=P([O-])(O)O. The number of nitrogens with two attached hydrogens (primary N) is 1. The number of benzene rings is 1. The molecule has 0 radical (unpaired) electrons. The third kappa shape index (κ3) is 13.3. The molecule has 0 fully saturated rings. The van der Waals surface area contributed by atoms with Gasteiger partial charge in [0.15, 0.2) is 0 Å². The van der Waals surface area contributed by atoms with Crippen molar-refractivity contribution in [3.63, 3.8) is 0 Å². The Morgan fingerprint density at radius 2 is 1.80 bits per heavy atom. The summed E-state index contributed by atoms with van der Waals surface area (Å²) in [5, 5.41) is 2.20. The first-order valence-corrected chi connectivity index (χ1v) is 6.05. The Morgan fingerprint density at radius 1 is 1.33 bits per heavy atom. The second-order valence-electron chi connectivity index (χ2n) is 2.92. The molecule has 0 saturated carbocycles. The van der Waals surface area contributed by atoms with Crippen molar-refractivity contribution in [3.8, 4) is 0 Å². The van der Waals surface area contributed by atoms with Crippen LogP contribution in [0.4, 0.5) is 0 Å². The molecule has 0 amide bonds. The average Bonchev–Trinajstić information content (AvgIpc) is 2.14. The van der Waals surface area contributed by atoms with Gasteiger partial charge >= 0.3 is 0 Å². The lowest BCUT2D eigenvalue weighted by Gasteiger charge is -2.01. The monoisotopic (exact) mass is 233 g/mol. The molecular formula is C9H16NO4P. The highest BCUT2D eigenvalue weighted by Gasteiger charge is 1.89. The first kappa shape index (κ1) is 14.3. The fraction of sp³-hybridized carbons (Fsp3) is 0.333. The Bertz CT molecular complexity index is 290. The maximum absolute atomic E-state index is 8.77. The lowest BCUT2D eigenvalue weighted by Crippen LogP contribution is -2.80. The lowest BCUT2D eigenvalue weighted by molar-refractivity contribution is -0.626. The number of quaternary nitrogens is 1. The van der Waals surface area contributed by atoms with Crippen LogP contribution in [0.25, 0.3) is 0 Å². The summed E-state index contributed by atoms with van der Waals surface area (Å²) in [6.45, 7) is 1.18. The highest BCUT2D eigenvalue weighted by Crippen LogP contribution is 2.18. The zero-order valence-corrected chi connectivity index (χ0v) is 9.43. The molecule has 0 unspecified atom stereocenters. The van der Waals surface area contributed by atoms with Gasteiger partial charge in [0, 0.05) is 6.42 Å². The van der Waals surface area contributed by atoms with Crippen LogP contribution in [0.2, 0.25) is 0 Å². The maximum atomic E-state index is 8.77. The van der Waals surface area contributed by atoms with Gasteiger partial charge in [0.25, 0.3) is 7.82 Å². The van der Waals surface area contributed by atoms with Crippen molar-refractivity contribution < 1.29 is 24.6 Å². The predicted octanol–water partition coefficient (Wildman–Crippen LogP) is -1.14. The summed E-state index contributed by atoms with van der Waals surface area (Å²) in [6, 6.07) is 10.6. The highest BCUT2D eigenvalue weighted by molar-refractivity contribution is 7.43. The van der Waals surface area contributed by atoms with Gasteiger partial charge in [-0.1, -0.05) is 30.3 Å². The molecule has 0 bridgehead atoms. The van der Waals surface area contributed by atoms with Gasteiger partial charge in [0.1, 0.15) is 0 Å². The van der Waals surface area contributed by atoms with Crippen molar-refractivity contribution >= 4 is 7.82 Å². The van der Waals surface area contributed by atoms with Gasteiger partial charge in [-0.3, -0.25) is 4.57 Å². The Hall–Kier alpha value is -0.710. The molecule has 1 aromatic rings. The molecule has 0 saturated heterocycles. The zero-order chi connectivity index (χ0) is 11.7. The van der Waals surface area contributed by atoms with E-state index in [4.69, 9.17) is 19.2 Å². The second-order valence-corrected chi connectivity index (χ2v) is 3.90. The van der Waals surface area contributed by atoms with E-state index in [9.17, 15) is 0 Å². The van der Waals surface area contributed by atoms with E-state index >= 15 is 0 Å². The topological polar surface area (TPSA) is 97.2 Å². The van der Waals surface area contributed by atoms with Gasteiger partial charge in [-0.2, -0.15) is 0 Å². The summed E-state index contributed by atoms with van der Waals surface area (Å²) in [7, 11) is -2.79. The molecule has 1 aromatic carbocycles. The van der Waals surface area contributed by atoms with Crippen LogP contribution in [0, 0.1) is 0 Å². The van der Waals surface area contributed by atoms with Crippen molar-refractivity contribution in [2.75, 3.05) is 13.6 Å². The zero-order valence-electron chi connectivity index (χ0n) is 8.54. The fourth-order valence-corrected chi connectivity index (χ4v) is 0.956. The molecule has 86 valence electrons. The molecule has 0 aliphatic carbocycles. The number of likely N-dealkylation sites (N-methyl/N-ethyl adjacent to an activating group) is 1. The Balaban J connectivity index is 0.000000336. The third-order valence-electron chi connectivity index (χ3n) is 1.56. The molecule has 15 heavy (non-hydrogen) atoms. The summed E-state index contributed by atoms with van der Waals surface area (Å²) in [6.07, 6.45) is 1.18. The van der Waals surface area contributed by atoms with E-state index in [1.807, 2.05) is 0 Å². The van der Waals surface area contributed by atoms with Crippen molar-refractivity contribution in [1.82, 2.24) is 0 Å². The van der Waals surface area contributed by atoms with Gasteiger partial charge in [-0.05, 0) is 5.56 Å². The van der Waals surface area contributed by atoms with Crippen LogP contribution in [0.5, 0.6) is 0 Å². The van der Waals surface area contributed by atoms with Crippen molar-refractivity contribution in [1.29, 1.82) is 0 Å². The molecule has 4 N–H and O–H groups in total. The first-order chi connectivity index (χ1) is 6.93. The van der Waals surface area contributed by atoms with E-state index in [0.29, 0.717) is 0 Å². The summed E-state index contributed by atoms with van der Waals surface area (Å²) in [5.74, 6) is 0. The van der Waals surface area contributed by atoms with Gasteiger partial charge in [0.2, 0.25) is 0 Å². The Kier molecular flexibility index (Phi) is 7.21. The molecular weight excluding hydrogens is 217 g/mol. The van der Waals surface area contributed by atoms with Gasteiger partial charge in [-0.15, -0.1) is 0 Å². The fourth-order valence-electron chi connectivity index (χ4n) is 0.956. The van der Waals surface area contributed by atoms with Crippen LogP contribution in [0.1, 0.15) is 5.56 Å². The van der Waals surface area contributed by atoms with Crippen LogP contribution >= 0.6 is 7.82 Å². The number of phosphoric acid groups is 1. The number of rotatable bonds is 3. The largest absolute Gasteiger partial charge is 0.756 e. The summed E-state index contributed by atoms with van der Waals surface area (Å²) in [4.78, 5) is 22.9. The van der Waals surface area contributed by atoms with Crippen molar-refractivity contribution in [3.05, 3.63) is 35.9 Å². The van der Waals surface area contributed by atoms with Crippen LogP contribution in [0.15, 0.2) is 30.3 Å². The van der Waals surface area contributed by atoms with Crippen molar-refractivity contribution in [2.24, 2.45) is 0 Å². The molecule has 0 atom stereocenters. The lowest BCUT2D eigenvalue weighted by atomic mass is 10.2. The van der Waals surface area contributed by atoms with E-state index in [2.05, 4.69) is 42.7 Å². The molecule has 0 aliphatic heterocycles. The minimum absolute atomic E-state index is 1.18. The van der Waals surface area contributed by atoms with E-state index in [0.717, 1.165) is 0 Å². The molecule has 0 aliphatic rings. The smallest absolute Gasteiger partial charge is 0.262 e. The van der Waals surface area contributed by atoms with Crippen LogP contribution in [-0.2, 0) is 11.0 Å². The standard InChI is InChI=1S/C9H13N.H3O4P/c1-10-8-7-9-5-3-2-4-6-9;1-5(2,3)4/h2-6,10H,7-8H2,1H3;(H3,1,2,3,4). The molecule has 0 heterocycles. The van der Waals surface area contributed by atoms with E-state index in [1.54, 1.807) is 0 Å². The average molecular weight is 233 g/mol. The summed E-state index contributed by atoms with van der Waals surface area (Å²) < 4.78 is 8.77. The van der Waals surface area contributed by atoms with E-state index < -0.39 is 7.82 Å². The normalized spacial score (nSPS) is 10.4. The van der Waals surface area contributed by atoms with Crippen LogP contribution < -0.4 is 10.2 Å². The van der Waals surface area contributed by atoms with E-state index in [-0.39, 0.29) is 0 Å². The minimum Gasteiger partial charge on any atom is -0.756 e. The quantitative estimate of drug-likeness (QED) is 0.575. The van der Waals surface area contributed by atoms with Gasteiger partial charge < -0.3 is 20.0 Å². The predicted molar refractivity (Wildman–Crippen MR) is 54.9 cm³/mol. The van der Waals surface area contributed by atoms with E-state index in [1.165, 1.54) is 18.5 Å². The molecule has 1 rings (SSSR count). The third-order valence-corrected chi connectivity index (χ3v) is 1.56. The van der Waals surface area contributed by atoms with Crippen LogP contribution in [-0.4, -0.2) is 23.4 Å². The highest BCUT2D eigenvalue weighted by atomic mass is 31.2. The van der Waals surface area contributed by atoms with Crippen molar-refractivity contribution in [2.45, 2.75) is 6.42 Å². The minimum atomic E-state index is -4.89. The van der Waals surface area contributed by atoms with Gasteiger partial charge in [-0.25, -0.2) is 0 Å². The Morgan fingerprint density at radius 3 is 2.20 bits per heavy atom. The maximum Gasteiger partial charge on any atom is 0.262 e. The molecule has 0 spiro atoms. The second kappa shape index (κ2) is 7.56. The number of hydrogen-bond acceptors (Lipinski definition) is 2. The summed E-state index contributed by atoms with van der Waals surface area (Å²) in [5.41, 5.74) is 1.43. The van der Waals surface area contributed by atoms with Gasteiger partial charge in [0.05, 0.1) is 13.6 Å². The summed E-state index contributed by atoms with van der Waals surface area (Å²) >= 11 is 0. The molecule has 6 heteroatoms. The molecule has 5 nitrogen and oxygen atoms in total.